The first-order valence-corrected chi connectivity index (χ1v) is 8.50. The Hall–Kier alpha value is -3.14. The van der Waals surface area contributed by atoms with Gasteiger partial charge in [0.05, 0.1) is 6.54 Å². The zero-order valence-electron chi connectivity index (χ0n) is 14.6. The normalized spacial score (nSPS) is 16.6. The smallest absolute Gasteiger partial charge is 0.260 e. The van der Waals surface area contributed by atoms with E-state index in [-0.39, 0.29) is 30.2 Å². The van der Waals surface area contributed by atoms with E-state index < -0.39 is 0 Å². The second-order valence-electron chi connectivity index (χ2n) is 6.15. The van der Waals surface area contributed by atoms with E-state index in [1.54, 1.807) is 4.90 Å². The van der Waals surface area contributed by atoms with Crippen LogP contribution in [0.3, 0.4) is 0 Å². The van der Waals surface area contributed by atoms with E-state index in [4.69, 9.17) is 14.7 Å². The summed E-state index contributed by atoms with van der Waals surface area (Å²) in [6.07, 6.45) is 4.34. The number of likely N-dealkylation sites (tertiary alicyclic amines) is 1. The fourth-order valence-electron chi connectivity index (χ4n) is 2.85. The predicted octanol–water partition coefficient (Wildman–Crippen LogP) is 2.11. The number of carbonyl (C=O) groups is 1. The van der Waals surface area contributed by atoms with Gasteiger partial charge in [-0.3, -0.25) is 4.79 Å². The molecule has 1 aromatic heterocycles. The molecule has 2 heterocycles. The minimum Gasteiger partial charge on any atom is -0.484 e. The summed E-state index contributed by atoms with van der Waals surface area (Å²) in [4.78, 5) is 22.2. The van der Waals surface area contributed by atoms with Gasteiger partial charge < -0.3 is 14.4 Å². The van der Waals surface area contributed by atoms with Gasteiger partial charge in [-0.25, -0.2) is 9.97 Å². The van der Waals surface area contributed by atoms with Crippen molar-refractivity contribution in [2.45, 2.75) is 25.9 Å². The molecule has 0 spiro atoms. The highest BCUT2D eigenvalue weighted by Gasteiger charge is 2.26. The molecule has 0 unspecified atom stereocenters. The van der Waals surface area contributed by atoms with E-state index in [1.807, 2.05) is 37.3 Å². The number of aryl methyl sites for hydroxylation is 1. The number of aromatic nitrogens is 2. The summed E-state index contributed by atoms with van der Waals surface area (Å²) in [5.41, 5.74) is 1.23. The first-order valence-electron chi connectivity index (χ1n) is 8.50. The number of hydrogen-bond acceptors (Lipinski definition) is 6. The summed E-state index contributed by atoms with van der Waals surface area (Å²) in [6, 6.07) is 9.56. The van der Waals surface area contributed by atoms with Crippen molar-refractivity contribution in [2.24, 2.45) is 0 Å². The van der Waals surface area contributed by atoms with Crippen molar-refractivity contribution in [2.75, 3.05) is 19.7 Å². The van der Waals surface area contributed by atoms with Crippen molar-refractivity contribution < 1.29 is 14.3 Å². The second-order valence-corrected chi connectivity index (χ2v) is 6.15. The Morgan fingerprint density at radius 2 is 2.23 bits per heavy atom. The molecule has 0 saturated carbocycles. The Balaban J connectivity index is 1.56. The third-order valence-corrected chi connectivity index (χ3v) is 4.13. The van der Waals surface area contributed by atoms with Gasteiger partial charge in [0.1, 0.15) is 17.9 Å². The molecule has 1 fully saturated rings. The highest BCUT2D eigenvalue weighted by Crippen LogP contribution is 2.19. The summed E-state index contributed by atoms with van der Waals surface area (Å²) in [6.45, 7) is 3.08. The standard InChI is InChI=1S/C19H20N4O3/c1-14-4-2-5-15(10-14)25-13-18(24)23-9-3-6-16(12-23)26-19-17(11-20)21-7-8-22-19/h2,4-5,7-8,10,16H,3,6,9,12-13H2,1H3/t16-/m1/s1. The number of nitriles is 1. The average molecular weight is 352 g/mol. The van der Waals surface area contributed by atoms with Crippen LogP contribution in [0, 0.1) is 18.3 Å². The average Bonchev–Trinajstić information content (AvgIpc) is 2.67. The monoisotopic (exact) mass is 352 g/mol. The Morgan fingerprint density at radius 3 is 3.04 bits per heavy atom. The molecule has 1 aliphatic heterocycles. The fourth-order valence-corrected chi connectivity index (χ4v) is 2.85. The van der Waals surface area contributed by atoms with E-state index in [0.717, 1.165) is 18.4 Å². The Kier molecular flexibility index (Phi) is 5.64. The van der Waals surface area contributed by atoms with Gasteiger partial charge in [-0.05, 0) is 37.5 Å². The van der Waals surface area contributed by atoms with E-state index in [2.05, 4.69) is 9.97 Å². The third-order valence-electron chi connectivity index (χ3n) is 4.13. The summed E-state index contributed by atoms with van der Waals surface area (Å²) < 4.78 is 11.4. The van der Waals surface area contributed by atoms with E-state index in [0.29, 0.717) is 18.8 Å². The highest BCUT2D eigenvalue weighted by molar-refractivity contribution is 5.77. The number of rotatable bonds is 5. The van der Waals surface area contributed by atoms with Gasteiger partial charge in [0.2, 0.25) is 5.69 Å². The molecule has 1 atom stereocenters. The second kappa shape index (κ2) is 8.30. The van der Waals surface area contributed by atoms with Gasteiger partial charge in [-0.2, -0.15) is 5.26 Å². The van der Waals surface area contributed by atoms with Gasteiger partial charge in [0.15, 0.2) is 6.61 Å². The molecule has 3 rings (SSSR count). The zero-order chi connectivity index (χ0) is 18.4. The molecule has 26 heavy (non-hydrogen) atoms. The molecule has 1 aromatic carbocycles. The SMILES string of the molecule is Cc1cccc(OCC(=O)N2CCC[C@@H](Oc3nccnc3C#N)C2)c1. The van der Waals surface area contributed by atoms with Crippen molar-refractivity contribution >= 4 is 5.91 Å². The van der Waals surface area contributed by atoms with Gasteiger partial charge in [-0.1, -0.05) is 12.1 Å². The van der Waals surface area contributed by atoms with Crippen molar-refractivity contribution in [1.29, 1.82) is 5.26 Å². The van der Waals surface area contributed by atoms with Crippen LogP contribution in [0.1, 0.15) is 24.1 Å². The van der Waals surface area contributed by atoms with Gasteiger partial charge in [-0.15, -0.1) is 0 Å². The largest absolute Gasteiger partial charge is 0.484 e. The molecule has 1 aliphatic rings. The maximum Gasteiger partial charge on any atom is 0.260 e. The Morgan fingerprint density at radius 1 is 1.38 bits per heavy atom. The van der Waals surface area contributed by atoms with Crippen LogP contribution in [-0.2, 0) is 4.79 Å². The first-order chi connectivity index (χ1) is 12.7. The molecular formula is C19H20N4O3. The number of piperidine rings is 1. The predicted molar refractivity (Wildman–Crippen MR) is 93.7 cm³/mol. The maximum atomic E-state index is 12.4. The van der Waals surface area contributed by atoms with Crippen LogP contribution >= 0.6 is 0 Å². The summed E-state index contributed by atoms with van der Waals surface area (Å²) >= 11 is 0. The van der Waals surface area contributed by atoms with Crippen LogP contribution in [0.2, 0.25) is 0 Å². The number of benzene rings is 1. The van der Waals surface area contributed by atoms with Crippen molar-refractivity contribution in [3.05, 3.63) is 47.9 Å². The minimum absolute atomic E-state index is 0.00917. The van der Waals surface area contributed by atoms with Crippen LogP contribution < -0.4 is 9.47 Å². The Labute approximate surface area is 152 Å². The summed E-state index contributed by atoms with van der Waals surface area (Å²) in [5, 5.41) is 9.07. The lowest BCUT2D eigenvalue weighted by atomic mass is 10.1. The highest BCUT2D eigenvalue weighted by atomic mass is 16.5. The van der Waals surface area contributed by atoms with Crippen LogP contribution in [0.15, 0.2) is 36.7 Å². The molecule has 134 valence electrons. The quantitative estimate of drug-likeness (QED) is 0.819. The van der Waals surface area contributed by atoms with Gasteiger partial charge >= 0.3 is 0 Å². The third kappa shape index (κ3) is 4.48. The molecule has 0 bridgehead atoms. The van der Waals surface area contributed by atoms with Crippen molar-refractivity contribution in [3.63, 3.8) is 0 Å². The fraction of sp³-hybridized carbons (Fsp3) is 0.368. The molecule has 0 radical (unpaired) electrons. The van der Waals surface area contributed by atoms with Gasteiger partial charge in [0, 0.05) is 18.9 Å². The molecule has 7 nitrogen and oxygen atoms in total. The number of hydrogen-bond donors (Lipinski definition) is 0. The van der Waals surface area contributed by atoms with Crippen LogP contribution in [0.4, 0.5) is 0 Å². The number of carbonyl (C=O) groups excluding carboxylic acids is 1. The molecule has 1 amide bonds. The summed E-state index contributed by atoms with van der Waals surface area (Å²) in [5.74, 6) is 0.811. The molecule has 0 N–H and O–H groups in total. The number of ether oxygens (including phenoxy) is 2. The van der Waals surface area contributed by atoms with Gasteiger partial charge in [0.25, 0.3) is 11.8 Å². The molecular weight excluding hydrogens is 332 g/mol. The lowest BCUT2D eigenvalue weighted by Gasteiger charge is -2.32. The van der Waals surface area contributed by atoms with E-state index >= 15 is 0 Å². The Bertz CT molecular complexity index is 818. The molecule has 1 saturated heterocycles. The summed E-state index contributed by atoms with van der Waals surface area (Å²) in [7, 11) is 0. The molecule has 2 aromatic rings. The number of amides is 1. The number of nitrogens with zero attached hydrogens (tertiary/aromatic N) is 4. The lowest BCUT2D eigenvalue weighted by molar-refractivity contribution is -0.136. The first kappa shape index (κ1) is 17.7. The van der Waals surface area contributed by atoms with Crippen molar-refractivity contribution in [3.8, 4) is 17.7 Å². The van der Waals surface area contributed by atoms with Crippen LogP contribution in [-0.4, -0.2) is 46.6 Å². The topological polar surface area (TPSA) is 88.3 Å². The van der Waals surface area contributed by atoms with E-state index in [9.17, 15) is 4.79 Å². The van der Waals surface area contributed by atoms with E-state index in [1.165, 1.54) is 12.4 Å². The lowest BCUT2D eigenvalue weighted by Crippen LogP contribution is -2.46. The zero-order valence-corrected chi connectivity index (χ0v) is 14.6. The van der Waals surface area contributed by atoms with Crippen LogP contribution in [0.5, 0.6) is 11.6 Å². The molecule has 7 heteroatoms. The van der Waals surface area contributed by atoms with Crippen LogP contribution in [0.25, 0.3) is 0 Å². The maximum absolute atomic E-state index is 12.4. The minimum atomic E-state index is -0.213. The van der Waals surface area contributed by atoms with Crippen molar-refractivity contribution in [1.82, 2.24) is 14.9 Å². The molecule has 0 aliphatic carbocycles.